The van der Waals surface area contributed by atoms with Gasteiger partial charge in [-0.3, -0.25) is 9.69 Å². The molecule has 0 saturated heterocycles. The number of halogens is 2. The van der Waals surface area contributed by atoms with Crippen molar-refractivity contribution in [1.82, 2.24) is 4.90 Å². The predicted molar refractivity (Wildman–Crippen MR) is 140 cm³/mol. The minimum Gasteiger partial charge on any atom is -0.463 e. The summed E-state index contributed by atoms with van der Waals surface area (Å²) in [5.74, 6) is -2.24. The monoisotopic (exact) mass is 505 g/mol. The third-order valence-electron chi connectivity index (χ3n) is 7.11. The van der Waals surface area contributed by atoms with Gasteiger partial charge in [0, 0.05) is 31.3 Å². The molecular formula is C31H33F2NO3. The van der Waals surface area contributed by atoms with E-state index in [-0.39, 0.29) is 5.56 Å². The molecule has 37 heavy (non-hydrogen) atoms. The van der Waals surface area contributed by atoms with Gasteiger partial charge in [-0.2, -0.15) is 0 Å². The van der Waals surface area contributed by atoms with Gasteiger partial charge in [-0.05, 0) is 77.8 Å². The van der Waals surface area contributed by atoms with Crippen molar-refractivity contribution in [1.29, 1.82) is 0 Å². The van der Waals surface area contributed by atoms with Crippen LogP contribution in [0, 0.1) is 24.5 Å². The SMILES string of the molecule is COC(=O)C(=O)c1ccc(CN(Cc2cc(F)cc(F)c2)CC2CCCCC2)cc1-c1ccccc1C. The molecule has 1 fully saturated rings. The molecule has 4 nitrogen and oxygen atoms in total. The highest BCUT2D eigenvalue weighted by molar-refractivity contribution is 6.41. The highest BCUT2D eigenvalue weighted by Gasteiger charge is 2.23. The number of rotatable bonds is 9. The Morgan fingerprint density at radius 1 is 0.865 bits per heavy atom. The fraction of sp³-hybridized carbons (Fsp3) is 0.355. The highest BCUT2D eigenvalue weighted by Crippen LogP contribution is 2.30. The Balaban J connectivity index is 1.68. The summed E-state index contributed by atoms with van der Waals surface area (Å²) in [7, 11) is 1.19. The Morgan fingerprint density at radius 2 is 1.54 bits per heavy atom. The van der Waals surface area contributed by atoms with E-state index in [1.807, 2.05) is 43.3 Å². The van der Waals surface area contributed by atoms with Crippen LogP contribution in [0.2, 0.25) is 0 Å². The van der Waals surface area contributed by atoms with Crippen LogP contribution < -0.4 is 0 Å². The number of hydrogen-bond donors (Lipinski definition) is 0. The van der Waals surface area contributed by atoms with Gasteiger partial charge in [-0.15, -0.1) is 0 Å². The first-order valence-electron chi connectivity index (χ1n) is 12.8. The number of esters is 1. The summed E-state index contributed by atoms with van der Waals surface area (Å²) in [6.45, 7) is 3.73. The van der Waals surface area contributed by atoms with Crippen molar-refractivity contribution >= 4 is 11.8 Å². The zero-order valence-electron chi connectivity index (χ0n) is 21.4. The van der Waals surface area contributed by atoms with Gasteiger partial charge >= 0.3 is 5.97 Å². The van der Waals surface area contributed by atoms with E-state index >= 15 is 0 Å². The number of Topliss-reactive ketones (excluding diaryl/α,β-unsaturated/α-hetero) is 1. The third-order valence-corrected chi connectivity index (χ3v) is 7.11. The molecule has 6 heteroatoms. The number of carbonyl (C=O) groups excluding carboxylic acids is 2. The molecule has 0 N–H and O–H groups in total. The lowest BCUT2D eigenvalue weighted by molar-refractivity contribution is -0.135. The summed E-state index contributed by atoms with van der Waals surface area (Å²) in [6.07, 6.45) is 5.95. The molecule has 1 aliphatic carbocycles. The second-order valence-electron chi connectivity index (χ2n) is 9.97. The van der Waals surface area contributed by atoms with Crippen LogP contribution in [0.15, 0.2) is 60.7 Å². The van der Waals surface area contributed by atoms with Crippen molar-refractivity contribution in [3.63, 3.8) is 0 Å². The van der Waals surface area contributed by atoms with Crippen LogP contribution in [0.1, 0.15) is 59.2 Å². The number of methoxy groups -OCH3 is 1. The van der Waals surface area contributed by atoms with Gasteiger partial charge in [-0.1, -0.05) is 49.6 Å². The summed E-state index contributed by atoms with van der Waals surface area (Å²) < 4.78 is 32.6. The predicted octanol–water partition coefficient (Wildman–Crippen LogP) is 6.88. The van der Waals surface area contributed by atoms with Crippen LogP contribution in [0.4, 0.5) is 8.78 Å². The van der Waals surface area contributed by atoms with Gasteiger partial charge in [0.2, 0.25) is 0 Å². The van der Waals surface area contributed by atoms with E-state index in [2.05, 4.69) is 4.90 Å². The first-order valence-corrected chi connectivity index (χ1v) is 12.8. The third kappa shape index (κ3) is 6.89. The largest absolute Gasteiger partial charge is 0.463 e. The van der Waals surface area contributed by atoms with E-state index in [0.29, 0.717) is 30.1 Å². The molecular weight excluding hydrogens is 472 g/mol. The molecule has 0 aromatic heterocycles. The van der Waals surface area contributed by atoms with Crippen LogP contribution in [0.3, 0.4) is 0 Å². The smallest absolute Gasteiger partial charge is 0.379 e. The Hall–Kier alpha value is -3.38. The lowest BCUT2D eigenvalue weighted by Crippen LogP contribution is -2.30. The van der Waals surface area contributed by atoms with Gasteiger partial charge < -0.3 is 4.74 Å². The molecule has 0 unspecified atom stereocenters. The Morgan fingerprint density at radius 3 is 2.22 bits per heavy atom. The number of hydrogen-bond acceptors (Lipinski definition) is 4. The molecule has 194 valence electrons. The maximum absolute atomic E-state index is 13.9. The quantitative estimate of drug-likeness (QED) is 0.181. The van der Waals surface area contributed by atoms with Crippen molar-refractivity contribution in [3.05, 3.63) is 94.6 Å². The first kappa shape index (κ1) is 26.7. The molecule has 1 saturated carbocycles. The van der Waals surface area contributed by atoms with E-state index < -0.39 is 23.4 Å². The second kappa shape index (κ2) is 12.2. The molecule has 0 radical (unpaired) electrons. The van der Waals surface area contributed by atoms with Crippen LogP contribution in [-0.4, -0.2) is 30.3 Å². The summed E-state index contributed by atoms with van der Waals surface area (Å²) in [4.78, 5) is 27.1. The van der Waals surface area contributed by atoms with Crippen LogP contribution in [-0.2, 0) is 22.6 Å². The van der Waals surface area contributed by atoms with Gasteiger partial charge in [-0.25, -0.2) is 13.6 Å². The number of carbonyl (C=O) groups is 2. The summed E-state index contributed by atoms with van der Waals surface area (Å²) in [6, 6.07) is 16.8. The molecule has 0 atom stereocenters. The van der Waals surface area contributed by atoms with E-state index in [0.717, 1.165) is 42.1 Å². The normalized spacial score (nSPS) is 14.1. The van der Waals surface area contributed by atoms with E-state index in [4.69, 9.17) is 4.74 Å². The first-order chi connectivity index (χ1) is 17.8. The average molecular weight is 506 g/mol. The van der Waals surface area contributed by atoms with Gasteiger partial charge in [0.25, 0.3) is 5.78 Å². The molecule has 0 spiro atoms. The minimum absolute atomic E-state index is 0.288. The molecule has 3 aromatic rings. The molecule has 0 bridgehead atoms. The van der Waals surface area contributed by atoms with E-state index in [1.165, 1.54) is 38.5 Å². The highest BCUT2D eigenvalue weighted by atomic mass is 19.1. The fourth-order valence-corrected chi connectivity index (χ4v) is 5.33. The fourth-order valence-electron chi connectivity index (χ4n) is 5.33. The topological polar surface area (TPSA) is 46.6 Å². The number of aryl methyl sites for hydroxylation is 1. The summed E-state index contributed by atoms with van der Waals surface area (Å²) in [5.41, 5.74) is 4.34. The van der Waals surface area contributed by atoms with E-state index in [1.54, 1.807) is 6.07 Å². The standard InChI is InChI=1S/C31H33F2NO3/c1-21-8-6-7-11-27(21)29-16-23(12-13-28(29)30(35)31(36)37-2)19-34(18-22-9-4-3-5-10-22)20-24-14-25(32)17-26(33)15-24/h6-8,11-17,22H,3-5,9-10,18-20H2,1-2H3. The number of ketones is 1. The van der Waals surface area contributed by atoms with Crippen LogP contribution >= 0.6 is 0 Å². The lowest BCUT2D eigenvalue weighted by atomic mass is 9.88. The maximum Gasteiger partial charge on any atom is 0.379 e. The number of benzene rings is 3. The van der Waals surface area contributed by atoms with Crippen molar-refractivity contribution in [2.24, 2.45) is 5.92 Å². The second-order valence-corrected chi connectivity index (χ2v) is 9.97. The average Bonchev–Trinajstić information content (AvgIpc) is 2.88. The zero-order valence-corrected chi connectivity index (χ0v) is 21.4. The van der Waals surface area contributed by atoms with Crippen molar-refractivity contribution in [3.8, 4) is 11.1 Å². The summed E-state index contributed by atoms with van der Waals surface area (Å²) >= 11 is 0. The molecule has 0 aliphatic heterocycles. The van der Waals surface area contributed by atoms with E-state index in [9.17, 15) is 18.4 Å². The molecule has 1 aliphatic rings. The van der Waals surface area contributed by atoms with Gasteiger partial charge in [0.15, 0.2) is 0 Å². The Kier molecular flexibility index (Phi) is 8.82. The van der Waals surface area contributed by atoms with Crippen LogP contribution in [0.25, 0.3) is 11.1 Å². The molecule has 0 amide bonds. The van der Waals surface area contributed by atoms with Crippen molar-refractivity contribution < 1.29 is 23.1 Å². The molecule has 0 heterocycles. The maximum atomic E-state index is 13.9. The minimum atomic E-state index is -0.908. The number of nitrogens with zero attached hydrogens (tertiary/aromatic N) is 1. The molecule has 4 rings (SSSR count). The van der Waals surface area contributed by atoms with Crippen molar-refractivity contribution in [2.75, 3.05) is 13.7 Å². The lowest BCUT2D eigenvalue weighted by Gasteiger charge is -2.30. The Bertz CT molecular complexity index is 1250. The Labute approximate surface area is 217 Å². The number of ether oxygens (including phenoxy) is 1. The van der Waals surface area contributed by atoms with Gasteiger partial charge in [0.05, 0.1) is 7.11 Å². The van der Waals surface area contributed by atoms with Crippen LogP contribution in [0.5, 0.6) is 0 Å². The van der Waals surface area contributed by atoms with Crippen molar-refractivity contribution in [2.45, 2.75) is 52.1 Å². The molecule has 3 aromatic carbocycles. The zero-order chi connectivity index (χ0) is 26.4. The summed E-state index contributed by atoms with van der Waals surface area (Å²) in [5, 5.41) is 0. The van der Waals surface area contributed by atoms with Gasteiger partial charge in [0.1, 0.15) is 11.6 Å².